The van der Waals surface area contributed by atoms with Crippen LogP contribution in [0.4, 0.5) is 5.69 Å². The summed E-state index contributed by atoms with van der Waals surface area (Å²) in [5, 5.41) is 13.8. The van der Waals surface area contributed by atoms with Crippen molar-refractivity contribution in [3.8, 4) is 11.4 Å². The van der Waals surface area contributed by atoms with E-state index in [2.05, 4.69) is 20.1 Å². The molecule has 0 bridgehead atoms. The normalized spacial score (nSPS) is 14.2. The first-order valence-electron chi connectivity index (χ1n) is 10.0. The molecule has 1 N–H and O–H groups in total. The van der Waals surface area contributed by atoms with Crippen molar-refractivity contribution in [2.45, 2.75) is 43.8 Å². The van der Waals surface area contributed by atoms with Crippen LogP contribution in [0.2, 0.25) is 15.1 Å². The standard InChI is InChI=1S/C22H21Cl3N4OS/c1-13-10-11-17(24)20(19(13)25)26-18(30)12-31-22-28-27-21(15-8-4-5-9-16(15)23)29(22)14-6-2-3-7-14/h4-5,8-11,14H,2-3,6-7,12H2,1H3,(H,26,30). The molecule has 3 aromatic rings. The van der Waals surface area contributed by atoms with Crippen LogP contribution in [-0.2, 0) is 4.79 Å². The van der Waals surface area contributed by atoms with Crippen LogP contribution in [0.25, 0.3) is 11.4 Å². The van der Waals surface area contributed by atoms with Gasteiger partial charge in [-0.3, -0.25) is 9.36 Å². The molecule has 1 aliphatic rings. The van der Waals surface area contributed by atoms with E-state index >= 15 is 0 Å². The summed E-state index contributed by atoms with van der Waals surface area (Å²) in [4.78, 5) is 12.6. The van der Waals surface area contributed by atoms with Gasteiger partial charge in [0.1, 0.15) is 0 Å². The number of carbonyl (C=O) groups excluding carboxylic acids is 1. The van der Waals surface area contributed by atoms with Crippen molar-refractivity contribution in [1.29, 1.82) is 0 Å². The number of aryl methyl sites for hydroxylation is 1. The molecule has 1 amide bonds. The maximum absolute atomic E-state index is 12.6. The van der Waals surface area contributed by atoms with Crippen LogP contribution in [-0.4, -0.2) is 26.4 Å². The number of amides is 1. The zero-order valence-corrected chi connectivity index (χ0v) is 20.0. The third kappa shape index (κ3) is 4.87. The van der Waals surface area contributed by atoms with Gasteiger partial charge < -0.3 is 5.32 Å². The third-order valence-electron chi connectivity index (χ3n) is 5.35. The fourth-order valence-electron chi connectivity index (χ4n) is 3.77. The molecule has 0 radical (unpaired) electrons. The van der Waals surface area contributed by atoms with E-state index in [0.717, 1.165) is 29.8 Å². The molecule has 0 atom stereocenters. The lowest BCUT2D eigenvalue weighted by atomic mass is 10.2. The van der Waals surface area contributed by atoms with Gasteiger partial charge in [-0.25, -0.2) is 0 Å². The molecule has 0 aliphatic heterocycles. The molecule has 162 valence electrons. The fraction of sp³-hybridized carbons (Fsp3) is 0.318. The average molecular weight is 496 g/mol. The summed E-state index contributed by atoms with van der Waals surface area (Å²) in [7, 11) is 0. The van der Waals surface area contributed by atoms with Crippen molar-refractivity contribution in [1.82, 2.24) is 14.8 Å². The topological polar surface area (TPSA) is 59.8 Å². The van der Waals surface area contributed by atoms with Gasteiger partial charge in [0.25, 0.3) is 0 Å². The van der Waals surface area contributed by atoms with Gasteiger partial charge in [0.2, 0.25) is 5.91 Å². The molecule has 9 heteroatoms. The van der Waals surface area contributed by atoms with Crippen molar-refractivity contribution in [2.24, 2.45) is 0 Å². The Morgan fingerprint density at radius 1 is 1.10 bits per heavy atom. The van der Waals surface area contributed by atoms with Crippen molar-refractivity contribution in [3.63, 3.8) is 0 Å². The minimum Gasteiger partial charge on any atom is -0.323 e. The zero-order valence-electron chi connectivity index (χ0n) is 16.9. The number of benzene rings is 2. The van der Waals surface area contributed by atoms with E-state index in [1.807, 2.05) is 37.3 Å². The Balaban J connectivity index is 1.56. The lowest BCUT2D eigenvalue weighted by molar-refractivity contribution is -0.113. The van der Waals surface area contributed by atoms with Crippen LogP contribution in [0.15, 0.2) is 41.6 Å². The monoisotopic (exact) mass is 494 g/mol. The molecule has 5 nitrogen and oxygen atoms in total. The van der Waals surface area contributed by atoms with E-state index in [-0.39, 0.29) is 11.7 Å². The zero-order chi connectivity index (χ0) is 22.0. The summed E-state index contributed by atoms with van der Waals surface area (Å²) in [6, 6.07) is 11.5. The molecule has 1 aliphatic carbocycles. The molecule has 1 fully saturated rings. The maximum Gasteiger partial charge on any atom is 0.234 e. The molecule has 2 aromatic carbocycles. The van der Waals surface area contributed by atoms with Gasteiger partial charge in [0.15, 0.2) is 11.0 Å². The molecular formula is C22H21Cl3N4OS. The molecule has 1 saturated carbocycles. The van der Waals surface area contributed by atoms with Crippen molar-refractivity contribution in [2.75, 3.05) is 11.1 Å². The summed E-state index contributed by atoms with van der Waals surface area (Å²) in [6.45, 7) is 1.86. The number of carbonyl (C=O) groups is 1. The third-order valence-corrected chi connectivity index (χ3v) is 7.42. The van der Waals surface area contributed by atoms with Crippen LogP contribution in [0.3, 0.4) is 0 Å². The van der Waals surface area contributed by atoms with Gasteiger partial charge in [0, 0.05) is 11.6 Å². The Hall–Kier alpha value is -1.73. The highest BCUT2D eigenvalue weighted by atomic mass is 35.5. The van der Waals surface area contributed by atoms with E-state index < -0.39 is 0 Å². The molecule has 0 unspecified atom stereocenters. The Morgan fingerprint density at radius 2 is 1.84 bits per heavy atom. The first-order chi connectivity index (χ1) is 15.0. The Morgan fingerprint density at radius 3 is 2.58 bits per heavy atom. The van der Waals surface area contributed by atoms with Gasteiger partial charge in [-0.1, -0.05) is 77.6 Å². The van der Waals surface area contributed by atoms with Gasteiger partial charge in [-0.2, -0.15) is 0 Å². The number of nitrogens with zero attached hydrogens (tertiary/aromatic N) is 3. The molecule has 1 aromatic heterocycles. The number of anilines is 1. The SMILES string of the molecule is Cc1ccc(Cl)c(NC(=O)CSc2nnc(-c3ccccc3Cl)n2C2CCCC2)c1Cl. The van der Waals surface area contributed by atoms with E-state index in [9.17, 15) is 4.79 Å². The van der Waals surface area contributed by atoms with Crippen molar-refractivity contribution < 1.29 is 4.79 Å². The molecule has 0 spiro atoms. The van der Waals surface area contributed by atoms with Crippen LogP contribution in [0, 0.1) is 6.92 Å². The molecular weight excluding hydrogens is 475 g/mol. The number of nitrogens with one attached hydrogen (secondary N) is 1. The quantitative estimate of drug-likeness (QED) is 0.372. The largest absolute Gasteiger partial charge is 0.323 e. The minimum absolute atomic E-state index is 0.161. The smallest absolute Gasteiger partial charge is 0.234 e. The predicted octanol–water partition coefficient (Wildman–Crippen LogP) is 7.06. The maximum atomic E-state index is 12.6. The van der Waals surface area contributed by atoms with Gasteiger partial charge in [-0.15, -0.1) is 10.2 Å². The van der Waals surface area contributed by atoms with Crippen LogP contribution < -0.4 is 5.32 Å². The highest BCUT2D eigenvalue weighted by Crippen LogP contribution is 2.38. The predicted molar refractivity (Wildman–Crippen MR) is 129 cm³/mol. The van der Waals surface area contributed by atoms with Crippen LogP contribution >= 0.6 is 46.6 Å². The minimum atomic E-state index is -0.209. The van der Waals surface area contributed by atoms with Crippen molar-refractivity contribution >= 4 is 58.2 Å². The summed E-state index contributed by atoms with van der Waals surface area (Å²) in [5.41, 5.74) is 2.13. The Labute approximate surface area is 200 Å². The highest BCUT2D eigenvalue weighted by molar-refractivity contribution is 7.99. The molecule has 4 rings (SSSR count). The Kier molecular flexibility index (Phi) is 7.12. The van der Waals surface area contributed by atoms with E-state index in [1.165, 1.54) is 24.6 Å². The second kappa shape index (κ2) is 9.82. The van der Waals surface area contributed by atoms with E-state index in [0.29, 0.717) is 32.0 Å². The van der Waals surface area contributed by atoms with E-state index in [4.69, 9.17) is 34.8 Å². The van der Waals surface area contributed by atoms with Crippen molar-refractivity contribution in [3.05, 3.63) is 57.0 Å². The van der Waals surface area contributed by atoms with Gasteiger partial charge >= 0.3 is 0 Å². The second-order valence-electron chi connectivity index (χ2n) is 7.48. The lowest BCUT2D eigenvalue weighted by Gasteiger charge is -2.17. The average Bonchev–Trinajstić information content (AvgIpc) is 3.42. The molecule has 1 heterocycles. The summed E-state index contributed by atoms with van der Waals surface area (Å²) >= 11 is 20.3. The number of hydrogen-bond donors (Lipinski definition) is 1. The van der Waals surface area contributed by atoms with Gasteiger partial charge in [0.05, 0.1) is 26.5 Å². The highest BCUT2D eigenvalue weighted by Gasteiger charge is 2.26. The number of halogens is 3. The van der Waals surface area contributed by atoms with E-state index in [1.54, 1.807) is 6.07 Å². The number of hydrogen-bond acceptors (Lipinski definition) is 4. The summed E-state index contributed by atoms with van der Waals surface area (Å²) in [5.74, 6) is 0.693. The van der Waals surface area contributed by atoms with Crippen LogP contribution in [0.5, 0.6) is 0 Å². The van der Waals surface area contributed by atoms with Gasteiger partial charge in [-0.05, 0) is 43.5 Å². The first-order valence-corrected chi connectivity index (χ1v) is 12.1. The number of thioether (sulfide) groups is 1. The Bertz CT molecular complexity index is 1110. The first kappa shape index (κ1) is 22.5. The fourth-order valence-corrected chi connectivity index (χ4v) is 5.26. The lowest BCUT2D eigenvalue weighted by Crippen LogP contribution is -2.16. The summed E-state index contributed by atoms with van der Waals surface area (Å²) < 4.78 is 2.14. The molecule has 31 heavy (non-hydrogen) atoms. The number of rotatable bonds is 6. The van der Waals surface area contributed by atoms with Crippen LogP contribution in [0.1, 0.15) is 37.3 Å². The number of aromatic nitrogens is 3. The second-order valence-corrected chi connectivity index (χ2v) is 9.62. The molecule has 0 saturated heterocycles. The summed E-state index contributed by atoms with van der Waals surface area (Å²) in [6.07, 6.45) is 4.45.